The van der Waals surface area contributed by atoms with Gasteiger partial charge >= 0.3 is 0 Å². The van der Waals surface area contributed by atoms with Gasteiger partial charge in [0.25, 0.3) is 0 Å². The van der Waals surface area contributed by atoms with Crippen LogP contribution in [0.3, 0.4) is 0 Å². The van der Waals surface area contributed by atoms with Crippen molar-refractivity contribution in [2.75, 3.05) is 6.54 Å². The highest BCUT2D eigenvalue weighted by atomic mass is 16.2. The minimum absolute atomic E-state index is 0.199. The lowest BCUT2D eigenvalue weighted by atomic mass is 9.80. The van der Waals surface area contributed by atoms with E-state index >= 15 is 0 Å². The zero-order valence-corrected chi connectivity index (χ0v) is 13.5. The van der Waals surface area contributed by atoms with E-state index < -0.39 is 0 Å². The highest BCUT2D eigenvalue weighted by molar-refractivity contribution is 5.78. The predicted octanol–water partition coefficient (Wildman–Crippen LogP) is 3.61. The third-order valence-corrected chi connectivity index (χ3v) is 5.84. The van der Waals surface area contributed by atoms with Gasteiger partial charge in [-0.25, -0.2) is 0 Å². The number of hydrogen-bond acceptors (Lipinski definition) is 2. The lowest BCUT2D eigenvalue weighted by Crippen LogP contribution is -2.48. The van der Waals surface area contributed by atoms with Gasteiger partial charge in [0.15, 0.2) is 0 Å². The number of carbonyl (C=O) groups is 1. The first kappa shape index (κ1) is 15.3. The van der Waals surface area contributed by atoms with Gasteiger partial charge in [-0.05, 0) is 44.4 Å². The minimum Gasteiger partial charge on any atom is -0.339 e. The molecule has 21 heavy (non-hydrogen) atoms. The monoisotopic (exact) mass is 292 g/mol. The van der Waals surface area contributed by atoms with Crippen LogP contribution >= 0.6 is 0 Å². The quantitative estimate of drug-likeness (QED) is 0.841. The van der Waals surface area contributed by atoms with Gasteiger partial charge in [0, 0.05) is 24.5 Å². The van der Waals surface area contributed by atoms with E-state index in [2.05, 4.69) is 4.90 Å². The van der Waals surface area contributed by atoms with Crippen LogP contribution in [0.4, 0.5) is 0 Å². The summed E-state index contributed by atoms with van der Waals surface area (Å²) in [5.74, 6) is 1.11. The number of nitrogens with two attached hydrogens (primary N) is 1. The van der Waals surface area contributed by atoms with Gasteiger partial charge < -0.3 is 10.6 Å². The summed E-state index contributed by atoms with van der Waals surface area (Å²) in [6.07, 6.45) is 15.6. The van der Waals surface area contributed by atoms with Crippen LogP contribution in [0, 0.1) is 5.92 Å². The van der Waals surface area contributed by atoms with Crippen molar-refractivity contribution < 1.29 is 4.79 Å². The third-order valence-electron chi connectivity index (χ3n) is 5.84. The SMILES string of the molecule is NC1(CC(=O)N(CC2CCCCC2)C2CC2)CCCCC1. The predicted molar refractivity (Wildman–Crippen MR) is 85.9 cm³/mol. The molecule has 0 aromatic carbocycles. The molecule has 0 saturated heterocycles. The van der Waals surface area contributed by atoms with Crippen LogP contribution in [0.2, 0.25) is 0 Å². The Labute approximate surface area is 129 Å². The fraction of sp³-hybridized carbons (Fsp3) is 0.944. The highest BCUT2D eigenvalue weighted by Gasteiger charge is 2.38. The van der Waals surface area contributed by atoms with Crippen molar-refractivity contribution in [3.63, 3.8) is 0 Å². The molecule has 120 valence electrons. The van der Waals surface area contributed by atoms with Crippen LogP contribution in [0.15, 0.2) is 0 Å². The molecule has 3 aliphatic carbocycles. The smallest absolute Gasteiger partial charge is 0.224 e. The summed E-state index contributed by atoms with van der Waals surface area (Å²) in [5.41, 5.74) is 6.30. The summed E-state index contributed by atoms with van der Waals surface area (Å²) in [7, 11) is 0. The molecule has 3 fully saturated rings. The highest BCUT2D eigenvalue weighted by Crippen LogP contribution is 2.34. The molecule has 0 unspecified atom stereocenters. The van der Waals surface area contributed by atoms with Crippen molar-refractivity contribution in [1.29, 1.82) is 0 Å². The molecule has 3 saturated carbocycles. The topological polar surface area (TPSA) is 46.3 Å². The molecule has 0 atom stereocenters. The molecule has 0 radical (unpaired) electrons. The first-order chi connectivity index (χ1) is 10.2. The Morgan fingerprint density at radius 1 is 0.952 bits per heavy atom. The van der Waals surface area contributed by atoms with Gasteiger partial charge in [0.05, 0.1) is 0 Å². The molecule has 3 rings (SSSR count). The van der Waals surface area contributed by atoms with E-state index in [1.807, 2.05) is 0 Å². The number of rotatable bonds is 5. The van der Waals surface area contributed by atoms with E-state index in [4.69, 9.17) is 5.73 Å². The van der Waals surface area contributed by atoms with Crippen LogP contribution in [-0.2, 0) is 4.79 Å². The summed E-state index contributed by atoms with van der Waals surface area (Å²) in [6.45, 7) is 1.01. The van der Waals surface area contributed by atoms with E-state index in [9.17, 15) is 4.79 Å². The van der Waals surface area contributed by atoms with Gasteiger partial charge in [0.1, 0.15) is 0 Å². The van der Waals surface area contributed by atoms with Crippen molar-refractivity contribution in [3.05, 3.63) is 0 Å². The molecule has 3 aliphatic rings. The van der Waals surface area contributed by atoms with Crippen molar-refractivity contribution in [3.8, 4) is 0 Å². The molecular weight excluding hydrogens is 260 g/mol. The lowest BCUT2D eigenvalue weighted by Gasteiger charge is -2.36. The van der Waals surface area contributed by atoms with E-state index in [0.717, 1.165) is 25.3 Å². The zero-order chi connectivity index (χ0) is 14.7. The molecule has 0 aromatic heterocycles. The Morgan fingerprint density at radius 2 is 1.57 bits per heavy atom. The standard InChI is InChI=1S/C18H32N2O/c19-18(11-5-2-6-12-18)13-17(21)20(16-9-10-16)14-15-7-3-1-4-8-15/h15-16H,1-14,19H2. The first-order valence-electron chi connectivity index (χ1n) is 9.25. The second-order valence-corrected chi connectivity index (χ2v) is 7.88. The number of nitrogens with zero attached hydrogens (tertiary/aromatic N) is 1. The summed E-state index contributed by atoms with van der Waals surface area (Å²) in [4.78, 5) is 15.0. The van der Waals surface area contributed by atoms with Gasteiger partial charge in [-0.2, -0.15) is 0 Å². The molecule has 0 spiro atoms. The van der Waals surface area contributed by atoms with E-state index in [1.54, 1.807) is 0 Å². The molecule has 0 bridgehead atoms. The van der Waals surface area contributed by atoms with Gasteiger partial charge in [-0.15, -0.1) is 0 Å². The summed E-state index contributed by atoms with van der Waals surface area (Å²) in [6, 6.07) is 0.548. The molecule has 1 amide bonds. The van der Waals surface area contributed by atoms with Crippen LogP contribution < -0.4 is 5.73 Å². The van der Waals surface area contributed by atoms with Gasteiger partial charge in [0.2, 0.25) is 5.91 Å². The molecule has 0 heterocycles. The maximum Gasteiger partial charge on any atom is 0.224 e. The number of carbonyl (C=O) groups excluding carboxylic acids is 1. The molecule has 3 heteroatoms. The van der Waals surface area contributed by atoms with E-state index in [0.29, 0.717) is 18.4 Å². The third kappa shape index (κ3) is 4.21. The number of hydrogen-bond donors (Lipinski definition) is 1. The summed E-state index contributed by atoms with van der Waals surface area (Å²) < 4.78 is 0. The van der Waals surface area contributed by atoms with E-state index in [-0.39, 0.29) is 5.54 Å². The Kier molecular flexibility index (Phi) is 4.88. The fourth-order valence-electron chi connectivity index (χ4n) is 4.32. The average Bonchev–Trinajstić information content (AvgIpc) is 3.30. The zero-order valence-electron chi connectivity index (χ0n) is 13.5. The van der Waals surface area contributed by atoms with E-state index in [1.165, 1.54) is 64.2 Å². The first-order valence-corrected chi connectivity index (χ1v) is 9.25. The largest absolute Gasteiger partial charge is 0.339 e. The van der Waals surface area contributed by atoms with Gasteiger partial charge in [-0.1, -0.05) is 38.5 Å². The fourth-order valence-corrected chi connectivity index (χ4v) is 4.32. The van der Waals surface area contributed by atoms with Crippen molar-refractivity contribution >= 4 is 5.91 Å². The maximum absolute atomic E-state index is 12.8. The second kappa shape index (κ2) is 6.68. The molecular formula is C18H32N2O. The lowest BCUT2D eigenvalue weighted by molar-refractivity contribution is -0.134. The minimum atomic E-state index is -0.199. The Morgan fingerprint density at radius 3 is 2.19 bits per heavy atom. The second-order valence-electron chi connectivity index (χ2n) is 7.88. The normalized spacial score (nSPS) is 26.5. The Bertz CT molecular complexity index is 352. The molecule has 0 aromatic rings. The molecule has 2 N–H and O–H groups in total. The van der Waals surface area contributed by atoms with Crippen LogP contribution in [-0.4, -0.2) is 28.9 Å². The summed E-state index contributed by atoms with van der Waals surface area (Å²) in [5, 5.41) is 0. The van der Waals surface area contributed by atoms with Crippen molar-refractivity contribution in [2.24, 2.45) is 11.7 Å². The Balaban J connectivity index is 1.56. The molecule has 0 aliphatic heterocycles. The number of amides is 1. The van der Waals surface area contributed by atoms with Crippen molar-refractivity contribution in [1.82, 2.24) is 4.90 Å². The summed E-state index contributed by atoms with van der Waals surface area (Å²) >= 11 is 0. The van der Waals surface area contributed by atoms with Crippen LogP contribution in [0.5, 0.6) is 0 Å². The molecule has 3 nitrogen and oxygen atoms in total. The Hall–Kier alpha value is -0.570. The van der Waals surface area contributed by atoms with Crippen LogP contribution in [0.25, 0.3) is 0 Å². The van der Waals surface area contributed by atoms with Crippen molar-refractivity contribution in [2.45, 2.75) is 95.1 Å². The maximum atomic E-state index is 12.8. The van der Waals surface area contributed by atoms with Gasteiger partial charge in [-0.3, -0.25) is 4.79 Å². The van der Waals surface area contributed by atoms with Crippen LogP contribution in [0.1, 0.15) is 83.5 Å². The average molecular weight is 292 g/mol.